The van der Waals surface area contributed by atoms with Crippen molar-refractivity contribution in [2.45, 2.75) is 31.5 Å². The van der Waals surface area contributed by atoms with Crippen molar-refractivity contribution in [2.24, 2.45) is 0 Å². The summed E-state index contributed by atoms with van der Waals surface area (Å²) in [7, 11) is 0. The van der Waals surface area contributed by atoms with E-state index in [0.717, 1.165) is 41.8 Å². The van der Waals surface area contributed by atoms with Crippen LogP contribution in [-0.2, 0) is 11.3 Å². The predicted octanol–water partition coefficient (Wildman–Crippen LogP) is 3.24. The van der Waals surface area contributed by atoms with Crippen LogP contribution in [0.25, 0.3) is 0 Å². The normalized spacial score (nSPS) is 26.5. The highest BCUT2D eigenvalue weighted by Crippen LogP contribution is 2.46. The maximum atomic E-state index is 13.9. The Morgan fingerprint density at radius 2 is 1.93 bits per heavy atom. The Labute approximate surface area is 163 Å². The van der Waals surface area contributed by atoms with Gasteiger partial charge in [0.05, 0.1) is 11.8 Å². The summed E-state index contributed by atoms with van der Waals surface area (Å²) in [6.07, 6.45) is 3.93. The third-order valence-electron chi connectivity index (χ3n) is 5.96. The molecule has 1 fully saturated rings. The quantitative estimate of drug-likeness (QED) is 0.695. The van der Waals surface area contributed by atoms with Crippen LogP contribution in [0.4, 0.5) is 0 Å². The molecule has 2 unspecified atom stereocenters. The number of benzene rings is 2. The van der Waals surface area contributed by atoms with Crippen LogP contribution in [0.1, 0.15) is 46.1 Å². The molecular weight excluding hydrogens is 352 g/mol. The van der Waals surface area contributed by atoms with Crippen molar-refractivity contribution < 1.29 is 14.0 Å². The monoisotopic (exact) mass is 375 g/mol. The summed E-state index contributed by atoms with van der Waals surface area (Å²) in [6.45, 7) is 2.01. The summed E-state index contributed by atoms with van der Waals surface area (Å²) >= 11 is 0. The van der Waals surface area contributed by atoms with E-state index in [1.807, 2.05) is 48.7 Å². The van der Waals surface area contributed by atoms with E-state index in [1.165, 1.54) is 0 Å². The fourth-order valence-electron chi connectivity index (χ4n) is 4.79. The lowest BCUT2D eigenvalue weighted by atomic mass is 10.0. The Morgan fingerprint density at radius 1 is 1.11 bits per heavy atom. The lowest BCUT2D eigenvalue weighted by Crippen LogP contribution is -2.54. The second kappa shape index (κ2) is 6.96. The van der Waals surface area contributed by atoms with Gasteiger partial charge in [-0.2, -0.15) is 0 Å². The molecule has 3 atom stereocenters. The van der Waals surface area contributed by atoms with Crippen molar-refractivity contribution in [1.29, 1.82) is 0 Å². The van der Waals surface area contributed by atoms with Gasteiger partial charge in [0.1, 0.15) is 24.9 Å². The van der Waals surface area contributed by atoms with Crippen LogP contribution in [-0.4, -0.2) is 45.1 Å². The molecule has 142 valence electrons. The van der Waals surface area contributed by atoms with Gasteiger partial charge >= 0.3 is 5.91 Å². The Balaban J connectivity index is 1.67. The molecule has 0 radical (unpaired) electrons. The molecule has 3 heterocycles. The maximum absolute atomic E-state index is 13.9. The SMILES string of the molecule is O=C1c2ccccc2C(c2c[nH]nn2)[N+]1(Cc1ccccc1)C[C@@H]1CCCO1. The van der Waals surface area contributed by atoms with Crippen LogP contribution in [0.3, 0.4) is 0 Å². The topological polar surface area (TPSA) is 67.9 Å². The first-order chi connectivity index (χ1) is 13.8. The number of nitrogens with zero attached hydrogens (tertiary/aromatic N) is 3. The molecule has 1 saturated heterocycles. The van der Waals surface area contributed by atoms with Crippen LogP contribution in [0.2, 0.25) is 0 Å². The summed E-state index contributed by atoms with van der Waals surface area (Å²) in [5.74, 6) is 0.142. The molecule has 1 amide bonds. The number of aromatic amines is 1. The molecule has 1 N–H and O–H groups in total. The van der Waals surface area contributed by atoms with Gasteiger partial charge in [-0.3, -0.25) is 5.10 Å². The molecule has 2 aromatic carbocycles. The van der Waals surface area contributed by atoms with E-state index in [9.17, 15) is 4.79 Å². The maximum Gasteiger partial charge on any atom is 0.347 e. The largest absolute Gasteiger partial charge is 0.372 e. The first-order valence-electron chi connectivity index (χ1n) is 9.80. The highest BCUT2D eigenvalue weighted by molar-refractivity contribution is 5.94. The molecule has 0 bridgehead atoms. The average Bonchev–Trinajstić information content (AvgIpc) is 3.46. The summed E-state index contributed by atoms with van der Waals surface area (Å²) in [4.78, 5) is 13.9. The minimum absolute atomic E-state index is 0.0800. The number of nitrogens with one attached hydrogen (secondary N) is 1. The smallest absolute Gasteiger partial charge is 0.347 e. The predicted molar refractivity (Wildman–Crippen MR) is 103 cm³/mol. The van der Waals surface area contributed by atoms with Crippen LogP contribution >= 0.6 is 0 Å². The Morgan fingerprint density at radius 3 is 2.68 bits per heavy atom. The third kappa shape index (κ3) is 2.77. The molecule has 0 saturated carbocycles. The lowest BCUT2D eigenvalue weighted by molar-refractivity contribution is -0.886. The molecule has 28 heavy (non-hydrogen) atoms. The zero-order valence-electron chi connectivity index (χ0n) is 15.6. The Kier molecular flexibility index (Phi) is 4.30. The fraction of sp³-hybridized carbons (Fsp3) is 0.318. The zero-order valence-corrected chi connectivity index (χ0v) is 15.6. The minimum Gasteiger partial charge on any atom is -0.372 e. The molecule has 2 aliphatic heterocycles. The highest BCUT2D eigenvalue weighted by atomic mass is 16.5. The molecule has 5 rings (SSSR count). The molecule has 0 aliphatic carbocycles. The molecule has 6 heteroatoms. The van der Waals surface area contributed by atoms with E-state index < -0.39 is 0 Å². The number of carbonyl (C=O) groups is 1. The second-order valence-electron chi connectivity index (χ2n) is 7.69. The first-order valence-corrected chi connectivity index (χ1v) is 9.80. The third-order valence-corrected chi connectivity index (χ3v) is 5.96. The number of aromatic nitrogens is 3. The lowest BCUT2D eigenvalue weighted by Gasteiger charge is -2.38. The number of H-pyrrole nitrogens is 1. The van der Waals surface area contributed by atoms with E-state index in [4.69, 9.17) is 4.74 Å². The van der Waals surface area contributed by atoms with E-state index >= 15 is 0 Å². The number of amides is 1. The van der Waals surface area contributed by atoms with Crippen molar-refractivity contribution in [1.82, 2.24) is 15.4 Å². The molecule has 0 spiro atoms. The van der Waals surface area contributed by atoms with Gasteiger partial charge in [0.25, 0.3) is 0 Å². The first kappa shape index (κ1) is 17.3. The van der Waals surface area contributed by atoms with E-state index in [0.29, 0.717) is 13.1 Å². The molecule has 6 nitrogen and oxygen atoms in total. The minimum atomic E-state index is -0.188. The fourth-order valence-corrected chi connectivity index (χ4v) is 4.79. The van der Waals surface area contributed by atoms with E-state index in [-0.39, 0.29) is 22.5 Å². The number of fused-ring (bicyclic) bond motifs is 1. The van der Waals surface area contributed by atoms with Crippen LogP contribution in [0.15, 0.2) is 60.8 Å². The average molecular weight is 375 g/mol. The second-order valence-corrected chi connectivity index (χ2v) is 7.69. The van der Waals surface area contributed by atoms with Crippen molar-refractivity contribution in [3.05, 3.63) is 83.2 Å². The zero-order chi connectivity index (χ0) is 19.0. The van der Waals surface area contributed by atoms with Gasteiger partial charge in [0.15, 0.2) is 6.04 Å². The molecule has 2 aliphatic rings. The van der Waals surface area contributed by atoms with Gasteiger partial charge in [-0.25, -0.2) is 9.28 Å². The number of rotatable bonds is 5. The van der Waals surface area contributed by atoms with Gasteiger partial charge in [-0.15, -0.1) is 5.10 Å². The summed E-state index contributed by atoms with van der Waals surface area (Å²) in [5.41, 5.74) is 3.74. The van der Waals surface area contributed by atoms with Gasteiger partial charge < -0.3 is 4.74 Å². The Hall–Kier alpha value is -2.83. The van der Waals surface area contributed by atoms with Crippen LogP contribution < -0.4 is 0 Å². The number of ether oxygens (including phenoxy) is 1. The van der Waals surface area contributed by atoms with Crippen LogP contribution in [0.5, 0.6) is 0 Å². The number of hydrogen-bond donors (Lipinski definition) is 1. The van der Waals surface area contributed by atoms with Crippen molar-refractivity contribution >= 4 is 5.91 Å². The van der Waals surface area contributed by atoms with Crippen molar-refractivity contribution in [2.75, 3.05) is 13.2 Å². The molecule has 1 aromatic heterocycles. The number of hydrogen-bond acceptors (Lipinski definition) is 4. The van der Waals surface area contributed by atoms with Crippen molar-refractivity contribution in [3.63, 3.8) is 0 Å². The summed E-state index contributed by atoms with van der Waals surface area (Å²) < 4.78 is 6.24. The molecule has 3 aromatic rings. The summed E-state index contributed by atoms with van der Waals surface area (Å²) in [6, 6.07) is 18.0. The standard InChI is InChI=1S/C22H23N4O2/c27-22-19-11-5-4-10-18(19)21(20-13-23-25-24-20)26(22,15-17-9-6-12-28-17)14-16-7-2-1-3-8-16/h1-5,7-8,10-11,13,17,21H,6,9,12,14-15H2,(H,23,24,25)/q+1/t17-,21?,26?/m0/s1. The van der Waals surface area contributed by atoms with E-state index in [1.54, 1.807) is 0 Å². The molecular formula is C22H23N4O2+. The van der Waals surface area contributed by atoms with Crippen LogP contribution in [0, 0.1) is 0 Å². The van der Waals surface area contributed by atoms with Gasteiger partial charge in [0, 0.05) is 17.7 Å². The van der Waals surface area contributed by atoms with E-state index in [2.05, 4.69) is 27.5 Å². The van der Waals surface area contributed by atoms with Gasteiger partial charge in [-0.1, -0.05) is 53.7 Å². The van der Waals surface area contributed by atoms with Gasteiger partial charge in [0.2, 0.25) is 0 Å². The number of carbonyl (C=O) groups excluding carboxylic acids is 1. The highest BCUT2D eigenvalue weighted by Gasteiger charge is 2.56. The summed E-state index contributed by atoms with van der Waals surface area (Å²) in [5, 5.41) is 11.1. The number of quaternary nitrogens is 1. The van der Waals surface area contributed by atoms with Crippen molar-refractivity contribution in [3.8, 4) is 0 Å². The Bertz CT molecular complexity index is 967. The van der Waals surface area contributed by atoms with Gasteiger partial charge in [-0.05, 0) is 18.9 Å².